The van der Waals surface area contributed by atoms with E-state index in [2.05, 4.69) is 55.5 Å². The number of benzene rings is 3. The van der Waals surface area contributed by atoms with Gasteiger partial charge in [-0.1, -0.05) is 85.8 Å². The van der Waals surface area contributed by atoms with Gasteiger partial charge in [-0.05, 0) is 73.9 Å². The Morgan fingerprint density at radius 2 is 1.56 bits per heavy atom. The number of ether oxygens (including phenoxy) is 2. The summed E-state index contributed by atoms with van der Waals surface area (Å²) in [6, 6.07) is 26.6. The largest absolute Gasteiger partial charge is 0.489 e. The van der Waals surface area contributed by atoms with Crippen LogP contribution in [0.15, 0.2) is 91.0 Å². The predicted octanol–water partition coefficient (Wildman–Crippen LogP) is 7.75. The summed E-state index contributed by atoms with van der Waals surface area (Å²) in [5, 5.41) is 0. The molecule has 0 spiro atoms. The topological polar surface area (TPSA) is 35.5 Å². The van der Waals surface area contributed by atoms with E-state index in [0.717, 1.165) is 29.7 Å². The van der Waals surface area contributed by atoms with Crippen molar-refractivity contribution in [3.63, 3.8) is 0 Å². The summed E-state index contributed by atoms with van der Waals surface area (Å²) in [7, 11) is 0. The van der Waals surface area contributed by atoms with Gasteiger partial charge < -0.3 is 9.47 Å². The molecule has 1 atom stereocenters. The molecule has 0 aromatic heterocycles. The van der Waals surface area contributed by atoms with E-state index < -0.39 is 5.60 Å². The summed E-state index contributed by atoms with van der Waals surface area (Å²) in [6.07, 6.45) is 6.26. The van der Waals surface area contributed by atoms with E-state index in [1.165, 1.54) is 11.1 Å². The van der Waals surface area contributed by atoms with Crippen LogP contribution in [0.2, 0.25) is 0 Å². The first kappa shape index (κ1) is 25.3. The highest BCUT2D eigenvalue weighted by atomic mass is 16.6. The van der Waals surface area contributed by atoms with Gasteiger partial charge in [0.2, 0.25) is 0 Å². The molecule has 0 aliphatic heterocycles. The maximum absolute atomic E-state index is 12.3. The van der Waals surface area contributed by atoms with E-state index in [1.807, 2.05) is 63.2 Å². The lowest BCUT2D eigenvalue weighted by Gasteiger charge is -2.25. The minimum Gasteiger partial charge on any atom is -0.489 e. The SMILES string of the molecule is C/C=C\[C@H](C)c1ccc(COc2ccc(CCCC(=O)OC(C)(C)c3ccccc3)cc2)cc1. The van der Waals surface area contributed by atoms with Gasteiger partial charge in [-0.2, -0.15) is 0 Å². The molecule has 0 heterocycles. The minimum atomic E-state index is -0.623. The number of aryl methyl sites for hydroxylation is 1. The number of carbonyl (C=O) groups excluding carboxylic acids is 1. The second-order valence-electron chi connectivity index (χ2n) is 9.19. The van der Waals surface area contributed by atoms with Crippen molar-refractivity contribution >= 4 is 5.97 Å². The Kier molecular flexibility index (Phi) is 9.09. The van der Waals surface area contributed by atoms with Crippen LogP contribution >= 0.6 is 0 Å². The molecule has 3 nitrogen and oxygen atoms in total. The van der Waals surface area contributed by atoms with Gasteiger partial charge in [-0.15, -0.1) is 0 Å². The summed E-state index contributed by atoms with van der Waals surface area (Å²) >= 11 is 0. The van der Waals surface area contributed by atoms with Crippen LogP contribution in [0.5, 0.6) is 5.75 Å². The first-order valence-electron chi connectivity index (χ1n) is 12.1. The fourth-order valence-electron chi connectivity index (χ4n) is 3.91. The van der Waals surface area contributed by atoms with Crippen molar-refractivity contribution < 1.29 is 14.3 Å². The van der Waals surface area contributed by atoms with E-state index in [-0.39, 0.29) is 5.97 Å². The average Bonchev–Trinajstić information content (AvgIpc) is 2.84. The van der Waals surface area contributed by atoms with E-state index in [4.69, 9.17) is 9.47 Å². The summed E-state index contributed by atoms with van der Waals surface area (Å²) in [6.45, 7) is 8.64. The molecule has 3 heteroatoms. The highest BCUT2D eigenvalue weighted by Crippen LogP contribution is 2.25. The molecule has 3 rings (SSSR count). The van der Waals surface area contributed by atoms with E-state index in [0.29, 0.717) is 18.9 Å². The lowest BCUT2D eigenvalue weighted by Crippen LogP contribution is -2.25. The van der Waals surface area contributed by atoms with Crippen molar-refractivity contribution in [2.75, 3.05) is 0 Å². The molecule has 3 aromatic rings. The summed E-state index contributed by atoms with van der Waals surface area (Å²) in [4.78, 5) is 12.3. The third kappa shape index (κ3) is 7.62. The summed E-state index contributed by atoms with van der Waals surface area (Å²) < 4.78 is 11.7. The Balaban J connectivity index is 1.41. The fourth-order valence-corrected chi connectivity index (χ4v) is 3.91. The van der Waals surface area contributed by atoms with Crippen LogP contribution in [-0.2, 0) is 28.2 Å². The molecular formula is C31H36O3. The number of allylic oxidation sites excluding steroid dienone is 2. The smallest absolute Gasteiger partial charge is 0.306 e. The zero-order valence-corrected chi connectivity index (χ0v) is 20.8. The zero-order valence-electron chi connectivity index (χ0n) is 20.8. The molecule has 0 saturated carbocycles. The lowest BCUT2D eigenvalue weighted by molar-refractivity contribution is -0.157. The van der Waals surface area contributed by atoms with Gasteiger partial charge >= 0.3 is 5.97 Å². The zero-order chi connectivity index (χ0) is 24.4. The van der Waals surface area contributed by atoms with Crippen LogP contribution in [-0.4, -0.2) is 5.97 Å². The third-order valence-corrected chi connectivity index (χ3v) is 6.00. The van der Waals surface area contributed by atoms with Gasteiger partial charge in [0.1, 0.15) is 18.0 Å². The van der Waals surface area contributed by atoms with Crippen molar-refractivity contribution in [2.45, 2.75) is 65.1 Å². The van der Waals surface area contributed by atoms with Gasteiger partial charge in [0, 0.05) is 6.42 Å². The van der Waals surface area contributed by atoms with Crippen LogP contribution in [0.25, 0.3) is 0 Å². The number of carbonyl (C=O) groups is 1. The minimum absolute atomic E-state index is 0.167. The molecule has 34 heavy (non-hydrogen) atoms. The van der Waals surface area contributed by atoms with Crippen LogP contribution in [0.3, 0.4) is 0 Å². The maximum atomic E-state index is 12.3. The van der Waals surface area contributed by atoms with E-state index in [1.54, 1.807) is 0 Å². The van der Waals surface area contributed by atoms with E-state index in [9.17, 15) is 4.79 Å². The monoisotopic (exact) mass is 456 g/mol. The molecule has 0 unspecified atom stereocenters. The number of hydrogen-bond acceptors (Lipinski definition) is 3. The molecule has 0 fully saturated rings. The average molecular weight is 457 g/mol. The Morgan fingerprint density at radius 1 is 0.912 bits per heavy atom. The Labute approximate surface area is 204 Å². The van der Waals surface area contributed by atoms with Gasteiger partial charge in [0.15, 0.2) is 0 Å². The van der Waals surface area contributed by atoms with E-state index >= 15 is 0 Å². The second kappa shape index (κ2) is 12.2. The number of rotatable bonds is 11. The Hall–Kier alpha value is -3.33. The third-order valence-electron chi connectivity index (χ3n) is 6.00. The van der Waals surface area contributed by atoms with Gasteiger partial charge in [-0.25, -0.2) is 0 Å². The normalized spacial score (nSPS) is 12.5. The molecule has 0 bridgehead atoms. The van der Waals surface area contributed by atoms with Gasteiger partial charge in [-0.3, -0.25) is 4.79 Å². The number of esters is 1. The van der Waals surface area contributed by atoms with Crippen LogP contribution < -0.4 is 4.74 Å². The van der Waals surface area contributed by atoms with Crippen molar-refractivity contribution in [2.24, 2.45) is 0 Å². The quantitative estimate of drug-likeness (QED) is 0.219. The molecule has 0 N–H and O–H groups in total. The Bertz CT molecular complexity index is 1050. The Morgan fingerprint density at radius 3 is 2.21 bits per heavy atom. The second-order valence-corrected chi connectivity index (χ2v) is 9.19. The standard InChI is InChI=1S/C31H36O3/c1-5-10-24(2)27-19-15-26(16-20-27)23-33-29-21-17-25(18-22-29)11-9-14-30(32)34-31(3,4)28-12-7-6-8-13-28/h5-8,10,12-13,15-22,24H,9,11,14,23H2,1-4H3/b10-5-/t24-/m0/s1. The maximum Gasteiger partial charge on any atom is 0.306 e. The highest BCUT2D eigenvalue weighted by molar-refractivity contribution is 5.70. The van der Waals surface area contributed by atoms with Crippen molar-refractivity contribution in [3.8, 4) is 5.75 Å². The molecule has 178 valence electrons. The lowest BCUT2D eigenvalue weighted by atomic mass is 9.98. The van der Waals surface area contributed by atoms with Crippen LogP contribution in [0.1, 0.15) is 68.7 Å². The predicted molar refractivity (Wildman–Crippen MR) is 139 cm³/mol. The van der Waals surface area contributed by atoms with Crippen molar-refractivity contribution in [1.82, 2.24) is 0 Å². The fraction of sp³-hybridized carbons (Fsp3) is 0.323. The molecule has 3 aromatic carbocycles. The number of hydrogen-bond donors (Lipinski definition) is 0. The summed E-state index contributed by atoms with van der Waals surface area (Å²) in [5.41, 5.74) is 4.02. The van der Waals surface area contributed by atoms with Crippen LogP contribution in [0, 0.1) is 0 Å². The first-order valence-corrected chi connectivity index (χ1v) is 12.1. The van der Waals surface area contributed by atoms with Crippen LogP contribution in [0.4, 0.5) is 0 Å². The highest BCUT2D eigenvalue weighted by Gasteiger charge is 2.24. The molecule has 0 amide bonds. The molecule has 0 saturated heterocycles. The van der Waals surface area contributed by atoms with Crippen molar-refractivity contribution in [1.29, 1.82) is 0 Å². The summed E-state index contributed by atoms with van der Waals surface area (Å²) in [5.74, 6) is 1.10. The molecule has 0 aliphatic rings. The van der Waals surface area contributed by atoms with Gasteiger partial charge in [0.05, 0.1) is 0 Å². The van der Waals surface area contributed by atoms with Crippen molar-refractivity contribution in [3.05, 3.63) is 113 Å². The first-order chi connectivity index (χ1) is 16.4. The molecule has 0 radical (unpaired) electrons. The van der Waals surface area contributed by atoms with Gasteiger partial charge in [0.25, 0.3) is 0 Å². The molecule has 0 aliphatic carbocycles. The molecular weight excluding hydrogens is 420 g/mol.